The molecule has 0 aromatic heterocycles. The van der Waals surface area contributed by atoms with Gasteiger partial charge in [0.25, 0.3) is 0 Å². The van der Waals surface area contributed by atoms with Crippen molar-refractivity contribution in [2.45, 2.75) is 39.2 Å². The van der Waals surface area contributed by atoms with Crippen molar-refractivity contribution in [1.29, 1.82) is 0 Å². The Morgan fingerprint density at radius 2 is 2.23 bits per heavy atom. The van der Waals surface area contributed by atoms with Gasteiger partial charge in [0.15, 0.2) is 0 Å². The number of carbonyl (C=O) groups is 1. The number of para-hydroxylation sites is 1. The van der Waals surface area contributed by atoms with Crippen molar-refractivity contribution >= 4 is 18.3 Å². The largest absolute Gasteiger partial charge is 0.494 e. The van der Waals surface area contributed by atoms with Gasteiger partial charge in [0.2, 0.25) is 5.91 Å². The highest BCUT2D eigenvalue weighted by Gasteiger charge is 2.17. The van der Waals surface area contributed by atoms with Crippen molar-refractivity contribution in [2.24, 2.45) is 5.92 Å². The molecule has 0 spiro atoms. The summed E-state index contributed by atoms with van der Waals surface area (Å²) in [5, 5.41) is 6.42. The van der Waals surface area contributed by atoms with Gasteiger partial charge in [-0.3, -0.25) is 4.79 Å². The summed E-state index contributed by atoms with van der Waals surface area (Å²) >= 11 is 0. The maximum Gasteiger partial charge on any atom is 0.220 e. The van der Waals surface area contributed by atoms with Crippen molar-refractivity contribution in [2.75, 3.05) is 19.7 Å². The second-order valence-corrected chi connectivity index (χ2v) is 5.66. The van der Waals surface area contributed by atoms with Crippen molar-refractivity contribution in [3.8, 4) is 5.75 Å². The van der Waals surface area contributed by atoms with Gasteiger partial charge in [0.05, 0.1) is 12.6 Å². The van der Waals surface area contributed by atoms with E-state index in [1.807, 2.05) is 38.1 Å². The number of ether oxygens (including phenoxy) is 1. The molecule has 0 radical (unpaired) electrons. The third-order valence-electron chi connectivity index (χ3n) is 4.00. The molecule has 2 unspecified atom stereocenters. The minimum absolute atomic E-state index is 0. The van der Waals surface area contributed by atoms with Gasteiger partial charge in [-0.2, -0.15) is 0 Å². The quantitative estimate of drug-likeness (QED) is 0.809. The Hall–Kier alpha value is -1.26. The van der Waals surface area contributed by atoms with Gasteiger partial charge in [-0.25, -0.2) is 0 Å². The average molecular weight is 327 g/mol. The summed E-state index contributed by atoms with van der Waals surface area (Å²) in [6, 6.07) is 7.87. The van der Waals surface area contributed by atoms with E-state index in [4.69, 9.17) is 4.74 Å². The van der Waals surface area contributed by atoms with E-state index < -0.39 is 0 Å². The summed E-state index contributed by atoms with van der Waals surface area (Å²) < 4.78 is 5.62. The van der Waals surface area contributed by atoms with E-state index in [1.165, 1.54) is 6.42 Å². The zero-order valence-electron chi connectivity index (χ0n) is 13.4. The number of amides is 1. The number of carbonyl (C=O) groups excluding carboxylic acids is 1. The number of hydrogen-bond acceptors (Lipinski definition) is 3. The average Bonchev–Trinajstić information content (AvgIpc) is 2.99. The van der Waals surface area contributed by atoms with Crippen LogP contribution in [0.3, 0.4) is 0 Å². The maximum absolute atomic E-state index is 12.1. The minimum atomic E-state index is -0.0260. The maximum atomic E-state index is 12.1. The molecule has 2 atom stereocenters. The molecule has 5 heteroatoms. The SMILES string of the molecule is CCOc1ccccc1C(C)NC(=O)CCC1CCNC1.Cl. The fraction of sp³-hybridized carbons (Fsp3) is 0.588. The van der Waals surface area contributed by atoms with Crippen LogP contribution < -0.4 is 15.4 Å². The van der Waals surface area contributed by atoms with Crippen LogP contribution in [0.1, 0.15) is 44.7 Å². The Morgan fingerprint density at radius 3 is 2.91 bits per heavy atom. The molecule has 22 heavy (non-hydrogen) atoms. The first-order chi connectivity index (χ1) is 10.2. The molecule has 1 aliphatic heterocycles. The van der Waals surface area contributed by atoms with Gasteiger partial charge >= 0.3 is 0 Å². The molecule has 124 valence electrons. The Labute approximate surface area is 139 Å². The van der Waals surface area contributed by atoms with E-state index in [-0.39, 0.29) is 24.4 Å². The molecule has 1 fully saturated rings. The van der Waals surface area contributed by atoms with Crippen LogP contribution in [0.15, 0.2) is 24.3 Å². The van der Waals surface area contributed by atoms with E-state index in [1.54, 1.807) is 0 Å². The standard InChI is InChI=1S/C17H26N2O2.ClH/c1-3-21-16-7-5-4-6-15(16)13(2)19-17(20)9-8-14-10-11-18-12-14;/h4-7,13-14,18H,3,8-12H2,1-2H3,(H,19,20);1H. The second kappa shape index (κ2) is 9.70. The highest BCUT2D eigenvalue weighted by Crippen LogP contribution is 2.25. The van der Waals surface area contributed by atoms with Crippen molar-refractivity contribution in [3.05, 3.63) is 29.8 Å². The molecule has 1 aromatic rings. The van der Waals surface area contributed by atoms with Gasteiger partial charge < -0.3 is 15.4 Å². The van der Waals surface area contributed by atoms with Gasteiger partial charge in [-0.1, -0.05) is 18.2 Å². The third-order valence-corrected chi connectivity index (χ3v) is 4.00. The molecular formula is C17H27ClN2O2. The monoisotopic (exact) mass is 326 g/mol. The summed E-state index contributed by atoms with van der Waals surface area (Å²) in [5.74, 6) is 1.63. The lowest BCUT2D eigenvalue weighted by Gasteiger charge is -2.18. The molecule has 0 aliphatic carbocycles. The predicted molar refractivity (Wildman–Crippen MR) is 91.6 cm³/mol. The number of hydrogen-bond donors (Lipinski definition) is 2. The molecule has 0 bridgehead atoms. The normalized spacial score (nSPS) is 18.4. The second-order valence-electron chi connectivity index (χ2n) is 5.66. The number of nitrogens with one attached hydrogen (secondary N) is 2. The van der Waals surface area contributed by atoms with E-state index in [2.05, 4.69) is 10.6 Å². The Bertz CT molecular complexity index is 462. The van der Waals surface area contributed by atoms with E-state index in [9.17, 15) is 4.79 Å². The molecular weight excluding hydrogens is 300 g/mol. The van der Waals surface area contributed by atoms with E-state index in [0.29, 0.717) is 18.9 Å². The van der Waals surface area contributed by atoms with Gasteiger partial charge in [0, 0.05) is 12.0 Å². The zero-order chi connectivity index (χ0) is 15.1. The van der Waals surface area contributed by atoms with Crippen LogP contribution in [0.5, 0.6) is 5.75 Å². The van der Waals surface area contributed by atoms with Gasteiger partial charge in [-0.15, -0.1) is 12.4 Å². The molecule has 4 nitrogen and oxygen atoms in total. The minimum Gasteiger partial charge on any atom is -0.494 e. The Morgan fingerprint density at radius 1 is 1.45 bits per heavy atom. The molecule has 1 heterocycles. The zero-order valence-corrected chi connectivity index (χ0v) is 14.2. The first-order valence-electron chi connectivity index (χ1n) is 7.92. The smallest absolute Gasteiger partial charge is 0.220 e. The van der Waals surface area contributed by atoms with Crippen molar-refractivity contribution in [1.82, 2.24) is 10.6 Å². The van der Waals surface area contributed by atoms with E-state index >= 15 is 0 Å². The first kappa shape index (κ1) is 18.8. The summed E-state index contributed by atoms with van der Waals surface area (Å²) in [6.45, 7) is 6.75. The molecule has 1 aliphatic rings. The van der Waals surface area contributed by atoms with Gasteiger partial charge in [-0.05, 0) is 51.8 Å². The fourth-order valence-electron chi connectivity index (χ4n) is 2.81. The summed E-state index contributed by atoms with van der Waals surface area (Å²) in [7, 11) is 0. The molecule has 1 amide bonds. The highest BCUT2D eigenvalue weighted by atomic mass is 35.5. The number of rotatable bonds is 7. The lowest BCUT2D eigenvalue weighted by molar-refractivity contribution is -0.122. The van der Waals surface area contributed by atoms with Crippen LogP contribution in [0.4, 0.5) is 0 Å². The van der Waals surface area contributed by atoms with Crippen LogP contribution in [0.25, 0.3) is 0 Å². The van der Waals surface area contributed by atoms with Crippen LogP contribution >= 0.6 is 12.4 Å². The highest BCUT2D eigenvalue weighted by molar-refractivity contribution is 5.85. The fourth-order valence-corrected chi connectivity index (χ4v) is 2.81. The molecule has 0 saturated carbocycles. The predicted octanol–water partition coefficient (Wildman–Crippen LogP) is 3.07. The Balaban J connectivity index is 0.00000242. The molecule has 2 rings (SSSR count). The third kappa shape index (κ3) is 5.50. The molecule has 1 aromatic carbocycles. The van der Waals surface area contributed by atoms with Crippen molar-refractivity contribution in [3.63, 3.8) is 0 Å². The van der Waals surface area contributed by atoms with E-state index in [0.717, 1.165) is 30.8 Å². The van der Waals surface area contributed by atoms with Crippen LogP contribution in [-0.2, 0) is 4.79 Å². The van der Waals surface area contributed by atoms with Crippen LogP contribution in [0, 0.1) is 5.92 Å². The van der Waals surface area contributed by atoms with Gasteiger partial charge in [0.1, 0.15) is 5.75 Å². The Kier molecular flexibility index (Phi) is 8.28. The number of benzene rings is 1. The van der Waals surface area contributed by atoms with Crippen LogP contribution in [0.2, 0.25) is 0 Å². The molecule has 2 N–H and O–H groups in total. The van der Waals surface area contributed by atoms with Crippen molar-refractivity contribution < 1.29 is 9.53 Å². The summed E-state index contributed by atoms with van der Waals surface area (Å²) in [5.41, 5.74) is 1.04. The lowest BCUT2D eigenvalue weighted by Crippen LogP contribution is -2.27. The topological polar surface area (TPSA) is 50.4 Å². The molecule has 1 saturated heterocycles. The van der Waals surface area contributed by atoms with Crippen LogP contribution in [-0.4, -0.2) is 25.6 Å². The summed E-state index contributed by atoms with van der Waals surface area (Å²) in [4.78, 5) is 12.1. The first-order valence-corrected chi connectivity index (χ1v) is 7.92. The lowest BCUT2D eigenvalue weighted by atomic mass is 10.0. The number of halogens is 1. The summed E-state index contributed by atoms with van der Waals surface area (Å²) in [6.07, 6.45) is 2.77.